The van der Waals surface area contributed by atoms with Crippen molar-refractivity contribution in [1.82, 2.24) is 9.97 Å². The fourth-order valence-corrected chi connectivity index (χ4v) is 4.84. The van der Waals surface area contributed by atoms with Crippen molar-refractivity contribution < 1.29 is 4.79 Å². The highest BCUT2D eigenvalue weighted by Gasteiger charge is 2.42. The van der Waals surface area contributed by atoms with Crippen LogP contribution in [0.25, 0.3) is 0 Å². The smallest absolute Gasteiger partial charge is 0.327 e. The molecule has 6 nitrogen and oxygen atoms in total. The van der Waals surface area contributed by atoms with Gasteiger partial charge in [0.25, 0.3) is 5.56 Å². The molecule has 0 saturated carbocycles. The molecular weight excluding hydrogens is 338 g/mol. The molecule has 1 aliphatic heterocycles. The third kappa shape index (κ3) is 2.59. The molecule has 0 fully saturated rings. The molecule has 3 N–H and O–H groups in total. The van der Waals surface area contributed by atoms with E-state index in [1.807, 2.05) is 19.1 Å². The quantitative estimate of drug-likeness (QED) is 0.731. The number of aryl methyl sites for hydroxylation is 1. The fraction of sp³-hybridized carbons (Fsp3) is 0.389. The number of ketones is 1. The summed E-state index contributed by atoms with van der Waals surface area (Å²) in [5, 5.41) is 3.16. The monoisotopic (exact) mass is 357 g/mol. The first kappa shape index (κ1) is 16.1. The Morgan fingerprint density at radius 2 is 1.88 bits per heavy atom. The normalized spacial score (nSPS) is 21.6. The van der Waals surface area contributed by atoms with E-state index in [-0.39, 0.29) is 11.2 Å². The van der Waals surface area contributed by atoms with E-state index in [0.29, 0.717) is 29.8 Å². The van der Waals surface area contributed by atoms with Crippen LogP contribution in [0.2, 0.25) is 0 Å². The summed E-state index contributed by atoms with van der Waals surface area (Å²) in [6.45, 7) is 6.10. The van der Waals surface area contributed by atoms with Gasteiger partial charge < -0.3 is 5.32 Å². The molecule has 0 amide bonds. The molecule has 1 unspecified atom stereocenters. The highest BCUT2D eigenvalue weighted by molar-refractivity contribution is 7.12. The summed E-state index contributed by atoms with van der Waals surface area (Å²) in [4.78, 5) is 44.3. The van der Waals surface area contributed by atoms with Gasteiger partial charge in [0.05, 0.1) is 11.5 Å². The lowest BCUT2D eigenvalue weighted by atomic mass is 9.70. The van der Waals surface area contributed by atoms with Crippen LogP contribution in [0.3, 0.4) is 0 Å². The minimum atomic E-state index is -0.553. The van der Waals surface area contributed by atoms with Crippen molar-refractivity contribution in [3.63, 3.8) is 0 Å². The van der Waals surface area contributed by atoms with E-state index in [2.05, 4.69) is 29.1 Å². The lowest BCUT2D eigenvalue weighted by molar-refractivity contribution is -0.118. The lowest BCUT2D eigenvalue weighted by Crippen LogP contribution is -2.38. The maximum atomic E-state index is 12.9. The first-order chi connectivity index (χ1) is 11.7. The van der Waals surface area contributed by atoms with Gasteiger partial charge in [0.2, 0.25) is 0 Å². The molecule has 0 saturated heterocycles. The second-order valence-electron chi connectivity index (χ2n) is 7.54. The fourth-order valence-electron chi connectivity index (χ4n) is 3.84. The van der Waals surface area contributed by atoms with Crippen LogP contribution in [0, 0.1) is 12.3 Å². The van der Waals surface area contributed by atoms with E-state index in [1.54, 1.807) is 11.3 Å². The predicted molar refractivity (Wildman–Crippen MR) is 97.3 cm³/mol. The van der Waals surface area contributed by atoms with Crippen molar-refractivity contribution >= 4 is 22.9 Å². The van der Waals surface area contributed by atoms with Gasteiger partial charge in [0, 0.05) is 27.4 Å². The van der Waals surface area contributed by atoms with Crippen molar-refractivity contribution in [1.29, 1.82) is 0 Å². The Labute approximate surface area is 148 Å². The van der Waals surface area contributed by atoms with Gasteiger partial charge in [-0.1, -0.05) is 13.8 Å². The molecule has 2 aliphatic rings. The third-order valence-electron chi connectivity index (χ3n) is 4.80. The number of aromatic amines is 2. The van der Waals surface area contributed by atoms with Gasteiger partial charge in [0.15, 0.2) is 5.78 Å². The average molecular weight is 357 g/mol. The van der Waals surface area contributed by atoms with Gasteiger partial charge >= 0.3 is 5.69 Å². The zero-order valence-corrected chi connectivity index (χ0v) is 15.1. The van der Waals surface area contributed by atoms with Crippen LogP contribution in [0.15, 0.2) is 33.0 Å². The third-order valence-corrected chi connectivity index (χ3v) is 5.86. The van der Waals surface area contributed by atoms with E-state index in [4.69, 9.17) is 0 Å². The van der Waals surface area contributed by atoms with Crippen LogP contribution in [0.1, 0.15) is 47.9 Å². The maximum absolute atomic E-state index is 12.9. The van der Waals surface area contributed by atoms with Crippen LogP contribution in [-0.2, 0) is 4.79 Å². The number of hydrogen-bond acceptors (Lipinski definition) is 5. The maximum Gasteiger partial charge on any atom is 0.327 e. The zero-order valence-electron chi connectivity index (χ0n) is 14.3. The van der Waals surface area contributed by atoms with Gasteiger partial charge in [-0.15, -0.1) is 11.3 Å². The van der Waals surface area contributed by atoms with Crippen LogP contribution in [-0.4, -0.2) is 15.8 Å². The predicted octanol–water partition coefficient (Wildman–Crippen LogP) is 2.63. The lowest BCUT2D eigenvalue weighted by Gasteiger charge is -2.38. The Morgan fingerprint density at radius 1 is 1.12 bits per heavy atom. The second kappa shape index (κ2) is 5.29. The van der Waals surface area contributed by atoms with Crippen molar-refractivity contribution in [2.24, 2.45) is 5.41 Å². The number of anilines is 1. The molecule has 130 valence electrons. The summed E-state index contributed by atoms with van der Waals surface area (Å²) in [6.07, 6.45) is 1.15. The number of hydrogen-bond donors (Lipinski definition) is 3. The molecule has 2 aromatic heterocycles. The van der Waals surface area contributed by atoms with Gasteiger partial charge in [0.1, 0.15) is 5.82 Å². The molecule has 7 heteroatoms. The van der Waals surface area contributed by atoms with E-state index in [0.717, 1.165) is 15.5 Å². The van der Waals surface area contributed by atoms with Crippen LogP contribution >= 0.6 is 11.3 Å². The Bertz CT molecular complexity index is 1040. The van der Waals surface area contributed by atoms with Crippen molar-refractivity contribution in [3.05, 3.63) is 59.6 Å². The number of allylic oxidation sites excluding steroid dienone is 2. The Hall–Kier alpha value is -2.41. The summed E-state index contributed by atoms with van der Waals surface area (Å²) in [7, 11) is 0. The van der Waals surface area contributed by atoms with Crippen LogP contribution in [0.4, 0.5) is 5.82 Å². The first-order valence-corrected chi connectivity index (χ1v) is 9.03. The first-order valence-electron chi connectivity index (χ1n) is 8.21. The summed E-state index contributed by atoms with van der Waals surface area (Å²) in [5.41, 5.74) is 0.720. The summed E-state index contributed by atoms with van der Waals surface area (Å²) >= 11 is 1.57. The molecular formula is C18H19N3O3S. The number of carbonyl (C=O) groups is 1. The topological polar surface area (TPSA) is 94.8 Å². The minimum Gasteiger partial charge on any atom is -0.344 e. The van der Waals surface area contributed by atoms with Gasteiger partial charge in [-0.25, -0.2) is 4.79 Å². The van der Waals surface area contributed by atoms with Crippen molar-refractivity contribution in [2.45, 2.75) is 39.5 Å². The minimum absolute atomic E-state index is 0.0612. The number of aromatic nitrogens is 2. The molecule has 1 atom stereocenters. The number of H-pyrrole nitrogens is 2. The highest BCUT2D eigenvalue weighted by atomic mass is 32.1. The molecule has 25 heavy (non-hydrogen) atoms. The average Bonchev–Trinajstić information content (AvgIpc) is 2.89. The number of rotatable bonds is 1. The molecule has 0 bridgehead atoms. The van der Waals surface area contributed by atoms with Gasteiger partial charge in [-0.05, 0) is 30.9 Å². The van der Waals surface area contributed by atoms with Crippen molar-refractivity contribution in [2.75, 3.05) is 5.32 Å². The van der Waals surface area contributed by atoms with Gasteiger partial charge in [-0.2, -0.15) is 0 Å². The molecule has 4 rings (SSSR count). The SMILES string of the molecule is Cc1ccc(C2C3=C(CC(C)(C)CC3=O)Nc3[nH]c(=O)[nH]c(=O)c32)s1. The van der Waals surface area contributed by atoms with E-state index >= 15 is 0 Å². The molecule has 0 spiro atoms. The Kier molecular flexibility index (Phi) is 3.40. The molecule has 3 heterocycles. The summed E-state index contributed by atoms with van der Waals surface area (Å²) < 4.78 is 0. The second-order valence-corrected chi connectivity index (χ2v) is 8.86. The molecule has 2 aromatic rings. The highest BCUT2D eigenvalue weighted by Crippen LogP contribution is 2.48. The van der Waals surface area contributed by atoms with E-state index in [1.165, 1.54) is 0 Å². The number of thiophene rings is 1. The number of carbonyl (C=O) groups excluding carboxylic acids is 1. The largest absolute Gasteiger partial charge is 0.344 e. The zero-order chi connectivity index (χ0) is 17.9. The van der Waals surface area contributed by atoms with Gasteiger partial charge in [-0.3, -0.25) is 19.6 Å². The summed E-state index contributed by atoms with van der Waals surface area (Å²) in [5.74, 6) is 0.0225. The molecule has 1 aliphatic carbocycles. The van der Waals surface area contributed by atoms with Crippen molar-refractivity contribution in [3.8, 4) is 0 Å². The number of Topliss-reactive ketones (excluding diaryl/α,β-unsaturated/α-hetero) is 1. The van der Waals surface area contributed by atoms with Crippen LogP contribution < -0.4 is 16.6 Å². The van der Waals surface area contributed by atoms with E-state index < -0.39 is 17.2 Å². The number of nitrogens with one attached hydrogen (secondary N) is 3. The summed E-state index contributed by atoms with van der Waals surface area (Å²) in [6, 6.07) is 3.95. The standard InChI is InChI=1S/C18H19N3O3S/c1-8-4-5-11(25-8)13-12-9(6-18(2,3)7-10(12)22)19-15-14(13)16(23)21-17(24)20-15/h4-5,13H,6-7H2,1-3H3,(H3,19,20,21,23,24). The van der Waals surface area contributed by atoms with Crippen LogP contribution in [0.5, 0.6) is 0 Å². The number of fused-ring (bicyclic) bond motifs is 1. The molecule has 0 aromatic carbocycles. The molecule has 0 radical (unpaired) electrons. The Morgan fingerprint density at radius 3 is 2.56 bits per heavy atom. The van der Waals surface area contributed by atoms with E-state index in [9.17, 15) is 14.4 Å². The Balaban J connectivity index is 2.01.